The van der Waals surface area contributed by atoms with Crippen LogP contribution >= 0.6 is 0 Å². The van der Waals surface area contributed by atoms with Gasteiger partial charge in [-0.1, -0.05) is 12.1 Å². The molecule has 0 aliphatic heterocycles. The summed E-state index contributed by atoms with van der Waals surface area (Å²) in [5.41, 5.74) is 1.73. The van der Waals surface area contributed by atoms with E-state index < -0.39 is 0 Å². The van der Waals surface area contributed by atoms with Crippen molar-refractivity contribution in [3.63, 3.8) is 0 Å². The number of nitrogens with one attached hydrogen (secondary N) is 1. The molecule has 0 fully saturated rings. The minimum absolute atomic E-state index is 0.168. The second kappa shape index (κ2) is 10.3. The van der Waals surface area contributed by atoms with Crippen LogP contribution in [0.5, 0.6) is 23.0 Å². The number of benzene rings is 2. The van der Waals surface area contributed by atoms with Crippen LogP contribution in [0.15, 0.2) is 36.4 Å². The summed E-state index contributed by atoms with van der Waals surface area (Å²) in [6, 6.07) is 11.3. The van der Waals surface area contributed by atoms with Gasteiger partial charge in [-0.2, -0.15) is 0 Å². The van der Waals surface area contributed by atoms with Crippen molar-refractivity contribution in [1.82, 2.24) is 5.32 Å². The maximum Gasteiger partial charge on any atom is 0.251 e. The molecule has 1 amide bonds. The first-order chi connectivity index (χ1) is 13.1. The summed E-state index contributed by atoms with van der Waals surface area (Å²) in [6.07, 6.45) is 2.84. The second-order valence-corrected chi connectivity index (χ2v) is 5.98. The minimum atomic E-state index is -0.168. The molecule has 0 saturated heterocycles. The monoisotopic (exact) mass is 373 g/mol. The van der Waals surface area contributed by atoms with E-state index in [0.29, 0.717) is 29.4 Å². The van der Waals surface area contributed by atoms with Crippen LogP contribution in [0.3, 0.4) is 0 Å². The topological polar surface area (TPSA) is 66.0 Å². The number of carbonyl (C=O) groups excluding carboxylic acids is 1. The van der Waals surface area contributed by atoms with Gasteiger partial charge in [0.15, 0.2) is 11.5 Å². The summed E-state index contributed by atoms with van der Waals surface area (Å²) in [6.45, 7) is 0.603. The van der Waals surface area contributed by atoms with E-state index in [1.165, 1.54) is 26.9 Å². The van der Waals surface area contributed by atoms with Crippen LogP contribution in [0.2, 0.25) is 0 Å². The largest absolute Gasteiger partial charge is 0.497 e. The lowest BCUT2D eigenvalue weighted by Gasteiger charge is -2.14. The van der Waals surface area contributed by atoms with Gasteiger partial charge >= 0.3 is 0 Å². The maximum atomic E-state index is 12.4. The number of unbranched alkanes of at least 4 members (excludes halogenated alkanes) is 1. The molecule has 0 aliphatic rings. The number of ether oxygens (including phenoxy) is 4. The molecular weight excluding hydrogens is 346 g/mol. The fraction of sp³-hybridized carbons (Fsp3) is 0.381. The molecule has 0 spiro atoms. The maximum absolute atomic E-state index is 12.4. The summed E-state index contributed by atoms with van der Waals surface area (Å²) >= 11 is 0. The van der Waals surface area contributed by atoms with Crippen molar-refractivity contribution < 1.29 is 23.7 Å². The number of carbonyl (C=O) groups is 1. The molecule has 0 atom stereocenters. The van der Waals surface area contributed by atoms with E-state index in [2.05, 4.69) is 17.4 Å². The van der Waals surface area contributed by atoms with Crippen molar-refractivity contribution in [3.8, 4) is 23.0 Å². The van der Waals surface area contributed by atoms with Crippen LogP contribution in [-0.4, -0.2) is 40.9 Å². The van der Waals surface area contributed by atoms with E-state index in [1.807, 2.05) is 12.1 Å². The van der Waals surface area contributed by atoms with Crippen molar-refractivity contribution in [3.05, 3.63) is 47.5 Å². The molecular formula is C21H27NO5. The second-order valence-electron chi connectivity index (χ2n) is 5.98. The lowest BCUT2D eigenvalue weighted by Crippen LogP contribution is -2.24. The molecule has 0 heterocycles. The van der Waals surface area contributed by atoms with Crippen molar-refractivity contribution in [2.75, 3.05) is 35.0 Å². The van der Waals surface area contributed by atoms with E-state index in [-0.39, 0.29) is 5.91 Å². The predicted octanol–water partition coefficient (Wildman–Crippen LogP) is 3.47. The number of rotatable bonds is 10. The molecule has 0 unspecified atom stereocenters. The Hall–Kier alpha value is -2.89. The number of aryl methyl sites for hydroxylation is 1. The molecule has 6 heteroatoms. The fourth-order valence-corrected chi connectivity index (χ4v) is 2.76. The predicted molar refractivity (Wildman–Crippen MR) is 104 cm³/mol. The van der Waals surface area contributed by atoms with Crippen LogP contribution in [0, 0.1) is 0 Å². The van der Waals surface area contributed by atoms with Gasteiger partial charge in [0.05, 0.1) is 28.4 Å². The molecule has 0 saturated carbocycles. The van der Waals surface area contributed by atoms with Crippen molar-refractivity contribution in [1.29, 1.82) is 0 Å². The number of hydrogen-bond donors (Lipinski definition) is 1. The van der Waals surface area contributed by atoms with Gasteiger partial charge in [-0.3, -0.25) is 4.79 Å². The SMILES string of the molecule is COc1ccc(CCCCNC(=O)c2cc(OC)c(OC)c(OC)c2)cc1. The van der Waals surface area contributed by atoms with Gasteiger partial charge in [0, 0.05) is 12.1 Å². The molecule has 27 heavy (non-hydrogen) atoms. The van der Waals surface area contributed by atoms with E-state index in [4.69, 9.17) is 18.9 Å². The Morgan fingerprint density at radius 1 is 0.852 bits per heavy atom. The van der Waals surface area contributed by atoms with Crippen molar-refractivity contribution in [2.45, 2.75) is 19.3 Å². The molecule has 1 N–H and O–H groups in total. The number of amides is 1. The van der Waals surface area contributed by atoms with Crippen LogP contribution < -0.4 is 24.3 Å². The average Bonchev–Trinajstić information content (AvgIpc) is 2.72. The first kappa shape index (κ1) is 20.4. The van der Waals surface area contributed by atoms with E-state index in [0.717, 1.165) is 25.0 Å². The normalized spacial score (nSPS) is 10.2. The van der Waals surface area contributed by atoms with Gasteiger partial charge in [0.25, 0.3) is 5.91 Å². The van der Waals surface area contributed by atoms with Crippen LogP contribution in [0.1, 0.15) is 28.8 Å². The molecule has 2 aromatic rings. The Bertz CT molecular complexity index is 718. The van der Waals surface area contributed by atoms with Crippen LogP contribution in [-0.2, 0) is 6.42 Å². The van der Waals surface area contributed by atoms with Gasteiger partial charge in [-0.25, -0.2) is 0 Å². The highest BCUT2D eigenvalue weighted by atomic mass is 16.5. The van der Waals surface area contributed by atoms with Gasteiger partial charge in [-0.15, -0.1) is 0 Å². The minimum Gasteiger partial charge on any atom is -0.497 e. The lowest BCUT2D eigenvalue weighted by atomic mass is 10.1. The van der Waals surface area contributed by atoms with E-state index in [9.17, 15) is 4.79 Å². The molecule has 146 valence electrons. The highest BCUT2D eigenvalue weighted by Gasteiger charge is 2.16. The summed E-state index contributed by atoms with van der Waals surface area (Å²) < 4.78 is 21.0. The molecule has 6 nitrogen and oxygen atoms in total. The average molecular weight is 373 g/mol. The standard InChI is InChI=1S/C21H27NO5/c1-24-17-10-8-15(9-11-17)7-5-6-12-22-21(23)16-13-18(25-2)20(27-4)19(14-16)26-3/h8-11,13-14H,5-7,12H2,1-4H3,(H,22,23). The summed E-state index contributed by atoms with van der Waals surface area (Å²) in [5.74, 6) is 2.08. The zero-order valence-corrected chi connectivity index (χ0v) is 16.3. The fourth-order valence-electron chi connectivity index (χ4n) is 2.76. The van der Waals surface area contributed by atoms with Gasteiger partial charge in [0.2, 0.25) is 5.75 Å². The third kappa shape index (κ3) is 5.54. The Balaban J connectivity index is 1.84. The first-order valence-electron chi connectivity index (χ1n) is 8.84. The van der Waals surface area contributed by atoms with E-state index in [1.54, 1.807) is 19.2 Å². The highest BCUT2D eigenvalue weighted by Crippen LogP contribution is 2.38. The van der Waals surface area contributed by atoms with Crippen LogP contribution in [0.25, 0.3) is 0 Å². The Morgan fingerprint density at radius 2 is 1.48 bits per heavy atom. The smallest absolute Gasteiger partial charge is 0.251 e. The molecule has 2 aromatic carbocycles. The Morgan fingerprint density at radius 3 is 2.00 bits per heavy atom. The molecule has 0 radical (unpaired) electrons. The molecule has 0 bridgehead atoms. The van der Waals surface area contributed by atoms with Crippen molar-refractivity contribution >= 4 is 5.91 Å². The highest BCUT2D eigenvalue weighted by molar-refractivity contribution is 5.95. The van der Waals surface area contributed by atoms with Gasteiger partial charge in [0.1, 0.15) is 5.75 Å². The van der Waals surface area contributed by atoms with Gasteiger partial charge in [-0.05, 0) is 49.1 Å². The summed E-state index contributed by atoms with van der Waals surface area (Å²) in [5, 5.41) is 2.93. The molecule has 2 rings (SSSR count). The number of hydrogen-bond acceptors (Lipinski definition) is 5. The zero-order valence-electron chi connectivity index (χ0n) is 16.3. The summed E-state index contributed by atoms with van der Waals surface area (Å²) in [4.78, 5) is 12.4. The van der Waals surface area contributed by atoms with Crippen molar-refractivity contribution in [2.24, 2.45) is 0 Å². The summed E-state index contributed by atoms with van der Waals surface area (Å²) in [7, 11) is 6.24. The first-order valence-corrected chi connectivity index (χ1v) is 8.84. The Kier molecular flexibility index (Phi) is 7.79. The quantitative estimate of drug-likeness (QED) is 0.646. The molecule has 0 aliphatic carbocycles. The Labute approximate surface area is 160 Å². The van der Waals surface area contributed by atoms with Gasteiger partial charge < -0.3 is 24.3 Å². The third-order valence-electron chi connectivity index (χ3n) is 4.26. The number of methoxy groups -OCH3 is 4. The van der Waals surface area contributed by atoms with Crippen LogP contribution in [0.4, 0.5) is 0 Å². The zero-order chi connectivity index (χ0) is 19.6. The third-order valence-corrected chi connectivity index (χ3v) is 4.26. The lowest BCUT2D eigenvalue weighted by molar-refractivity contribution is 0.0952. The molecule has 0 aromatic heterocycles. The van der Waals surface area contributed by atoms with E-state index >= 15 is 0 Å².